The highest BCUT2D eigenvalue weighted by molar-refractivity contribution is 5.86. The number of hydrogen-bond acceptors (Lipinski definition) is 3. The molecule has 4 aromatic rings. The molecule has 0 radical (unpaired) electrons. The molecule has 1 aliphatic rings. The van der Waals surface area contributed by atoms with Gasteiger partial charge in [-0.15, -0.1) is 0 Å². The molecule has 0 bridgehead atoms. The van der Waals surface area contributed by atoms with Gasteiger partial charge in [0.25, 0.3) is 0 Å². The summed E-state index contributed by atoms with van der Waals surface area (Å²) in [5.41, 5.74) is 5.61. The van der Waals surface area contributed by atoms with E-state index in [9.17, 15) is 9.18 Å². The number of benzene rings is 3. The first kappa shape index (κ1) is 26.1. The van der Waals surface area contributed by atoms with Crippen molar-refractivity contribution in [3.05, 3.63) is 107 Å². The lowest BCUT2D eigenvalue weighted by molar-refractivity contribution is -0.121. The summed E-state index contributed by atoms with van der Waals surface area (Å²) in [6, 6.07) is 23.5. The number of halogens is 1. The molecular formula is C32H36FN3O2. The third-order valence-corrected chi connectivity index (χ3v) is 7.41. The first-order valence-electron chi connectivity index (χ1n) is 13.5. The van der Waals surface area contributed by atoms with E-state index in [4.69, 9.17) is 4.74 Å². The first-order valence-corrected chi connectivity index (χ1v) is 13.5. The lowest BCUT2D eigenvalue weighted by atomic mass is 9.88. The van der Waals surface area contributed by atoms with Gasteiger partial charge >= 0.3 is 0 Å². The van der Waals surface area contributed by atoms with Crippen LogP contribution in [0.3, 0.4) is 0 Å². The lowest BCUT2D eigenvalue weighted by Gasteiger charge is -2.26. The Kier molecular flexibility index (Phi) is 8.51. The molecule has 198 valence electrons. The molecule has 38 heavy (non-hydrogen) atoms. The van der Waals surface area contributed by atoms with Crippen LogP contribution in [-0.2, 0) is 16.1 Å². The molecule has 1 fully saturated rings. The van der Waals surface area contributed by atoms with Gasteiger partial charge in [-0.25, -0.2) is 4.39 Å². The molecule has 1 aliphatic heterocycles. The van der Waals surface area contributed by atoms with Gasteiger partial charge in [-0.1, -0.05) is 60.2 Å². The van der Waals surface area contributed by atoms with Crippen LogP contribution in [0.5, 0.6) is 0 Å². The van der Waals surface area contributed by atoms with E-state index in [2.05, 4.69) is 64.3 Å². The van der Waals surface area contributed by atoms with E-state index >= 15 is 0 Å². The van der Waals surface area contributed by atoms with Crippen LogP contribution in [0.2, 0.25) is 0 Å². The Morgan fingerprint density at radius 3 is 2.50 bits per heavy atom. The molecule has 0 aliphatic carbocycles. The standard InChI is InChI=1S/C32H36FN3O2/c1-24-7-9-25(10-8-24)22-36-23-30(28-5-2-3-6-31(28)36)29(26-11-13-27(33)14-12-26)21-32(37)34-15-4-16-35-17-19-38-20-18-35/h2-3,5-14,23,29H,4,15-22H2,1H3,(H,34,37). The Hall–Kier alpha value is -3.48. The van der Waals surface area contributed by atoms with Crippen LogP contribution in [0.25, 0.3) is 10.9 Å². The van der Waals surface area contributed by atoms with E-state index in [0.29, 0.717) is 13.0 Å². The highest BCUT2D eigenvalue weighted by Crippen LogP contribution is 2.35. The maximum atomic E-state index is 13.8. The van der Waals surface area contributed by atoms with E-state index in [1.54, 1.807) is 12.1 Å². The number of carbonyl (C=O) groups is 1. The molecule has 0 spiro atoms. The zero-order chi connectivity index (χ0) is 26.3. The maximum absolute atomic E-state index is 13.8. The summed E-state index contributed by atoms with van der Waals surface area (Å²) in [5, 5.41) is 4.25. The number of amides is 1. The van der Waals surface area contributed by atoms with Crippen LogP contribution in [0.4, 0.5) is 4.39 Å². The van der Waals surface area contributed by atoms with Crippen molar-refractivity contribution in [2.24, 2.45) is 0 Å². The molecular weight excluding hydrogens is 477 g/mol. The lowest BCUT2D eigenvalue weighted by Crippen LogP contribution is -2.38. The largest absolute Gasteiger partial charge is 0.379 e. The van der Waals surface area contributed by atoms with E-state index in [-0.39, 0.29) is 17.6 Å². The predicted octanol–water partition coefficient (Wildman–Crippen LogP) is 5.50. The van der Waals surface area contributed by atoms with Crippen molar-refractivity contribution in [3.8, 4) is 0 Å². The summed E-state index contributed by atoms with van der Waals surface area (Å²) in [5.74, 6) is -0.447. The van der Waals surface area contributed by atoms with Crippen LogP contribution in [-0.4, -0.2) is 54.8 Å². The number of rotatable bonds is 10. The van der Waals surface area contributed by atoms with Gasteiger partial charge in [0, 0.05) is 55.6 Å². The Morgan fingerprint density at radius 1 is 1.00 bits per heavy atom. The number of nitrogens with one attached hydrogen (secondary N) is 1. The second-order valence-corrected chi connectivity index (χ2v) is 10.2. The second kappa shape index (κ2) is 12.4. The van der Waals surface area contributed by atoms with Crippen molar-refractivity contribution in [2.45, 2.75) is 32.2 Å². The van der Waals surface area contributed by atoms with Crippen molar-refractivity contribution in [1.82, 2.24) is 14.8 Å². The van der Waals surface area contributed by atoms with Gasteiger partial charge in [0.05, 0.1) is 13.2 Å². The summed E-state index contributed by atoms with van der Waals surface area (Å²) in [4.78, 5) is 15.5. The molecule has 6 heteroatoms. The van der Waals surface area contributed by atoms with Crippen molar-refractivity contribution < 1.29 is 13.9 Å². The Balaban J connectivity index is 1.36. The zero-order valence-corrected chi connectivity index (χ0v) is 22.0. The molecule has 5 nitrogen and oxygen atoms in total. The SMILES string of the molecule is Cc1ccc(Cn2cc(C(CC(=O)NCCCN3CCOCC3)c3ccc(F)cc3)c3ccccc32)cc1. The van der Waals surface area contributed by atoms with E-state index < -0.39 is 0 Å². The van der Waals surface area contributed by atoms with Crippen LogP contribution in [0.1, 0.15) is 41.0 Å². The van der Waals surface area contributed by atoms with Gasteiger partial charge in [-0.2, -0.15) is 0 Å². The monoisotopic (exact) mass is 513 g/mol. The van der Waals surface area contributed by atoms with Crippen LogP contribution < -0.4 is 5.32 Å². The fourth-order valence-corrected chi connectivity index (χ4v) is 5.29. The molecule has 5 rings (SSSR count). The molecule has 1 saturated heterocycles. The third kappa shape index (κ3) is 6.50. The minimum absolute atomic E-state index is 0.0108. The van der Waals surface area contributed by atoms with E-state index in [0.717, 1.165) is 67.8 Å². The molecule has 0 saturated carbocycles. The number of carbonyl (C=O) groups excluding carboxylic acids is 1. The minimum atomic E-state index is -0.276. The number of ether oxygens (including phenoxy) is 1. The normalized spacial score (nSPS) is 15.0. The number of hydrogen-bond donors (Lipinski definition) is 1. The smallest absolute Gasteiger partial charge is 0.220 e. The van der Waals surface area contributed by atoms with Gasteiger partial charge in [0.15, 0.2) is 0 Å². The molecule has 3 aromatic carbocycles. The summed E-state index contributed by atoms with van der Waals surface area (Å²) in [6.07, 6.45) is 3.38. The molecule has 1 atom stereocenters. The summed E-state index contributed by atoms with van der Waals surface area (Å²) in [7, 11) is 0. The second-order valence-electron chi connectivity index (χ2n) is 10.2. The van der Waals surface area contributed by atoms with Gasteiger partial charge in [0.1, 0.15) is 5.82 Å². The van der Waals surface area contributed by atoms with E-state index in [1.165, 1.54) is 23.3 Å². The maximum Gasteiger partial charge on any atom is 0.220 e. The van der Waals surface area contributed by atoms with Crippen LogP contribution in [0, 0.1) is 12.7 Å². The Bertz CT molecular complexity index is 1340. The number of nitrogens with zero attached hydrogens (tertiary/aromatic N) is 2. The molecule has 1 amide bonds. The zero-order valence-electron chi connectivity index (χ0n) is 22.0. The summed E-state index contributed by atoms with van der Waals surface area (Å²) in [6.45, 7) is 7.89. The van der Waals surface area contributed by atoms with Crippen molar-refractivity contribution in [3.63, 3.8) is 0 Å². The predicted molar refractivity (Wildman–Crippen MR) is 150 cm³/mol. The first-order chi connectivity index (χ1) is 18.6. The van der Waals surface area contributed by atoms with Gasteiger partial charge in [-0.3, -0.25) is 9.69 Å². The van der Waals surface area contributed by atoms with Crippen molar-refractivity contribution >= 4 is 16.8 Å². The number of fused-ring (bicyclic) bond motifs is 1. The number of aromatic nitrogens is 1. The third-order valence-electron chi connectivity index (χ3n) is 7.41. The van der Waals surface area contributed by atoms with Crippen LogP contribution in [0.15, 0.2) is 79.0 Å². The minimum Gasteiger partial charge on any atom is -0.379 e. The Morgan fingerprint density at radius 2 is 1.74 bits per heavy atom. The van der Waals surface area contributed by atoms with Crippen molar-refractivity contribution in [1.29, 1.82) is 0 Å². The number of aryl methyl sites for hydroxylation is 1. The molecule has 1 aromatic heterocycles. The molecule has 1 N–H and O–H groups in total. The van der Waals surface area contributed by atoms with Crippen molar-refractivity contribution in [2.75, 3.05) is 39.4 Å². The van der Waals surface area contributed by atoms with Gasteiger partial charge in [0.2, 0.25) is 5.91 Å². The molecule has 1 unspecified atom stereocenters. The topological polar surface area (TPSA) is 46.5 Å². The highest BCUT2D eigenvalue weighted by atomic mass is 19.1. The number of para-hydroxylation sites is 1. The average Bonchev–Trinajstić information content (AvgIpc) is 3.30. The number of morpholine rings is 1. The highest BCUT2D eigenvalue weighted by Gasteiger charge is 2.23. The summed E-state index contributed by atoms with van der Waals surface area (Å²) < 4.78 is 21.5. The quantitative estimate of drug-likeness (QED) is 0.285. The molecule has 2 heterocycles. The average molecular weight is 514 g/mol. The van der Waals surface area contributed by atoms with Crippen LogP contribution >= 0.6 is 0 Å². The fourth-order valence-electron chi connectivity index (χ4n) is 5.29. The van der Waals surface area contributed by atoms with Gasteiger partial charge in [-0.05, 0) is 54.8 Å². The Labute approximate surface area is 224 Å². The summed E-state index contributed by atoms with van der Waals surface area (Å²) >= 11 is 0. The van der Waals surface area contributed by atoms with Gasteiger partial charge < -0.3 is 14.6 Å². The van der Waals surface area contributed by atoms with E-state index in [1.807, 2.05) is 12.1 Å². The fraction of sp³-hybridized carbons (Fsp3) is 0.344.